The molecule has 3 aromatic heterocycles. The molecule has 2 amide bonds. The summed E-state index contributed by atoms with van der Waals surface area (Å²) in [5, 5.41) is 34.1. The maximum atomic E-state index is 14.1. The van der Waals surface area contributed by atoms with E-state index in [1.165, 1.54) is 24.1 Å². The van der Waals surface area contributed by atoms with Crippen LogP contribution < -0.4 is 20.7 Å². The number of nitrogen functional groups attached to an aromatic ring is 1. The maximum absolute atomic E-state index is 14.1. The van der Waals surface area contributed by atoms with Gasteiger partial charge in [-0.15, -0.1) is 5.10 Å². The van der Waals surface area contributed by atoms with E-state index in [1.807, 2.05) is 6.92 Å². The zero-order chi connectivity index (χ0) is 31.7. The predicted molar refractivity (Wildman–Crippen MR) is 162 cm³/mol. The molecule has 4 heterocycles. The van der Waals surface area contributed by atoms with Gasteiger partial charge in [0.25, 0.3) is 11.8 Å². The number of phenolic OH excluding ortho intramolecular Hbond substituents is 1. The highest BCUT2D eigenvalue weighted by atomic mass is 16.5. The van der Waals surface area contributed by atoms with Crippen molar-refractivity contribution in [1.82, 2.24) is 25.2 Å². The van der Waals surface area contributed by atoms with E-state index in [-0.39, 0.29) is 43.2 Å². The molecule has 2 atom stereocenters. The van der Waals surface area contributed by atoms with Gasteiger partial charge >= 0.3 is 0 Å². The summed E-state index contributed by atoms with van der Waals surface area (Å²) in [4.78, 5) is 32.7. The highest BCUT2D eigenvalue weighted by molar-refractivity contribution is 5.99. The van der Waals surface area contributed by atoms with Crippen LogP contribution in [0.1, 0.15) is 21.5 Å². The lowest BCUT2D eigenvalue weighted by atomic mass is 9.86. The van der Waals surface area contributed by atoms with Crippen molar-refractivity contribution in [3.05, 3.63) is 83.7 Å². The molecule has 0 radical (unpaired) electrons. The van der Waals surface area contributed by atoms with Crippen molar-refractivity contribution in [1.29, 1.82) is 0 Å². The fraction of sp³-hybridized carbons (Fsp3) is 0.258. The van der Waals surface area contributed by atoms with Gasteiger partial charge in [0.05, 0.1) is 43.4 Å². The third-order valence-corrected chi connectivity index (χ3v) is 7.67. The molecule has 1 fully saturated rings. The second-order valence-electron chi connectivity index (χ2n) is 10.8. The summed E-state index contributed by atoms with van der Waals surface area (Å²) in [6.07, 6.45) is 1.87. The molecule has 2 aromatic carbocycles. The number of aromatic nitrogens is 4. The number of aliphatic hydroxyl groups is 1. The van der Waals surface area contributed by atoms with Gasteiger partial charge in [0.1, 0.15) is 11.4 Å². The van der Waals surface area contributed by atoms with E-state index in [1.54, 1.807) is 59.5 Å². The molecule has 0 bridgehead atoms. The Bertz CT molecular complexity index is 1890. The molecule has 14 nitrogen and oxygen atoms in total. The monoisotopic (exact) mass is 613 g/mol. The average molecular weight is 614 g/mol. The Labute approximate surface area is 257 Å². The van der Waals surface area contributed by atoms with E-state index in [2.05, 4.69) is 20.6 Å². The molecule has 1 saturated heterocycles. The van der Waals surface area contributed by atoms with Crippen molar-refractivity contribution in [2.24, 2.45) is 0 Å². The van der Waals surface area contributed by atoms with Crippen LogP contribution in [0.15, 0.2) is 71.5 Å². The van der Waals surface area contributed by atoms with Crippen molar-refractivity contribution in [3.63, 3.8) is 0 Å². The third kappa shape index (κ3) is 5.75. The molecule has 6 rings (SSSR count). The van der Waals surface area contributed by atoms with Crippen molar-refractivity contribution >= 4 is 34.4 Å². The first-order valence-corrected chi connectivity index (χ1v) is 14.1. The molecule has 45 heavy (non-hydrogen) atoms. The molecular formula is C31H31N7O7. The number of hydrogen-bond acceptors (Lipinski definition) is 11. The van der Waals surface area contributed by atoms with Crippen molar-refractivity contribution < 1.29 is 33.8 Å². The van der Waals surface area contributed by atoms with E-state index < -0.39 is 23.5 Å². The van der Waals surface area contributed by atoms with Gasteiger partial charge in [-0.25, -0.2) is 9.67 Å². The summed E-state index contributed by atoms with van der Waals surface area (Å²) in [5.41, 5.74) is 6.32. The summed E-state index contributed by atoms with van der Waals surface area (Å²) in [5.74, 6) is -0.363. The molecule has 1 aliphatic rings. The zero-order valence-corrected chi connectivity index (χ0v) is 24.5. The van der Waals surface area contributed by atoms with Gasteiger partial charge in [-0.1, -0.05) is 23.4 Å². The lowest BCUT2D eigenvalue weighted by Gasteiger charge is -2.40. The molecule has 5 N–H and O–H groups in total. The van der Waals surface area contributed by atoms with Crippen molar-refractivity contribution in [3.8, 4) is 17.3 Å². The largest absolute Gasteiger partial charge is 0.507 e. The molecular weight excluding hydrogens is 582 g/mol. The minimum Gasteiger partial charge on any atom is -0.507 e. The van der Waals surface area contributed by atoms with Crippen molar-refractivity contribution in [2.75, 3.05) is 37.4 Å². The van der Waals surface area contributed by atoms with Crippen LogP contribution >= 0.6 is 0 Å². The number of hydrogen-bond donors (Lipinski definition) is 4. The van der Waals surface area contributed by atoms with Crippen LogP contribution in [-0.4, -0.2) is 80.5 Å². The first kappa shape index (κ1) is 29.6. The van der Waals surface area contributed by atoms with E-state index in [0.717, 1.165) is 0 Å². The van der Waals surface area contributed by atoms with Crippen LogP contribution in [0.2, 0.25) is 0 Å². The Balaban J connectivity index is 1.31. The molecule has 0 spiro atoms. The first-order valence-electron chi connectivity index (χ1n) is 14.1. The number of morpholine rings is 1. The number of carbonyl (C=O) groups is 2. The number of benzene rings is 2. The van der Waals surface area contributed by atoms with Gasteiger partial charge < -0.3 is 35.3 Å². The minimum absolute atomic E-state index is 0.0184. The van der Waals surface area contributed by atoms with E-state index in [0.29, 0.717) is 39.5 Å². The summed E-state index contributed by atoms with van der Waals surface area (Å²) in [6, 6.07) is 14.6. The first-order chi connectivity index (χ1) is 21.7. The van der Waals surface area contributed by atoms with Gasteiger partial charge in [-0.2, -0.15) is 0 Å². The quantitative estimate of drug-likeness (QED) is 0.190. The van der Waals surface area contributed by atoms with Crippen LogP contribution in [0.25, 0.3) is 16.7 Å². The molecule has 1 aliphatic heterocycles. The molecule has 1 unspecified atom stereocenters. The van der Waals surface area contributed by atoms with Crippen LogP contribution in [0, 0.1) is 6.92 Å². The average Bonchev–Trinajstić information content (AvgIpc) is 3.62. The summed E-state index contributed by atoms with van der Waals surface area (Å²) < 4.78 is 18.1. The number of pyridine rings is 1. The normalized spacial score (nSPS) is 16.5. The number of aryl methyl sites for hydroxylation is 1. The number of ether oxygens (including phenoxy) is 2. The van der Waals surface area contributed by atoms with Gasteiger partial charge in [0.2, 0.25) is 5.88 Å². The van der Waals surface area contributed by atoms with Crippen LogP contribution in [-0.2, 0) is 16.0 Å². The number of nitrogens with zero attached hydrogens (tertiary/aromatic N) is 5. The van der Waals surface area contributed by atoms with Crippen molar-refractivity contribution in [2.45, 2.75) is 25.0 Å². The molecule has 14 heteroatoms. The standard InChI is InChI=1S/C31H31N7O7/c1-18-16-38(20-9-10-33-25(14-20)43-2)35-28(18)37-11-12-44-26(30(37)41)31(42,17-34-29(40)21-5-3-4-6-23(21)39)15-19-7-8-22-24(13-19)45-36-27(22)32/h3-10,13-14,16,26,39,42H,11-12,15,17H2,1-2H3,(H2,32,36)(H,34,40)/t26-,31?/m0/s1. The Morgan fingerprint density at radius 2 is 2.04 bits per heavy atom. The van der Waals surface area contributed by atoms with Gasteiger partial charge in [-0.05, 0) is 42.8 Å². The number of fused-ring (bicyclic) bond motifs is 1. The second kappa shape index (κ2) is 11.9. The van der Waals surface area contributed by atoms with E-state index in [4.69, 9.17) is 19.7 Å². The van der Waals surface area contributed by atoms with Gasteiger partial charge in [-0.3, -0.25) is 14.5 Å². The van der Waals surface area contributed by atoms with Gasteiger partial charge in [0, 0.05) is 30.4 Å². The second-order valence-corrected chi connectivity index (χ2v) is 10.8. The number of aromatic hydroxyl groups is 1. The number of carbonyl (C=O) groups excluding carboxylic acids is 2. The minimum atomic E-state index is -1.94. The maximum Gasteiger partial charge on any atom is 0.260 e. The topological polar surface area (TPSA) is 191 Å². The van der Waals surface area contributed by atoms with Crippen LogP contribution in [0.4, 0.5) is 11.6 Å². The number of rotatable bonds is 9. The number of nitrogens with one attached hydrogen (secondary N) is 1. The van der Waals surface area contributed by atoms with Crippen LogP contribution in [0.5, 0.6) is 11.6 Å². The van der Waals surface area contributed by atoms with E-state index >= 15 is 0 Å². The highest BCUT2D eigenvalue weighted by Crippen LogP contribution is 2.31. The number of methoxy groups -OCH3 is 1. The zero-order valence-electron chi connectivity index (χ0n) is 24.5. The molecule has 232 valence electrons. The number of nitrogens with two attached hydrogens (primary N) is 1. The summed E-state index contributed by atoms with van der Waals surface area (Å²) in [6.45, 7) is 1.73. The summed E-state index contributed by atoms with van der Waals surface area (Å²) >= 11 is 0. The van der Waals surface area contributed by atoms with Crippen LogP contribution in [0.3, 0.4) is 0 Å². The SMILES string of the molecule is COc1cc(-n2cc(C)c(N3CCO[C@H](C(O)(CNC(=O)c4ccccc4O)Cc4ccc5c(N)noc5c4)C3=O)n2)ccn1. The Kier molecular flexibility index (Phi) is 7.83. The molecule has 0 aliphatic carbocycles. The lowest BCUT2D eigenvalue weighted by molar-refractivity contribution is -0.157. The number of amides is 2. The third-order valence-electron chi connectivity index (χ3n) is 7.67. The van der Waals surface area contributed by atoms with Gasteiger partial charge in [0.15, 0.2) is 23.3 Å². The number of phenols is 1. The fourth-order valence-corrected chi connectivity index (χ4v) is 5.39. The predicted octanol–water partition coefficient (Wildman–Crippen LogP) is 2.15. The summed E-state index contributed by atoms with van der Waals surface area (Å²) in [7, 11) is 1.52. The Morgan fingerprint density at radius 1 is 1.22 bits per heavy atom. The fourth-order valence-electron chi connectivity index (χ4n) is 5.39. The lowest BCUT2D eigenvalue weighted by Crippen LogP contribution is -2.63. The van der Waals surface area contributed by atoms with E-state index in [9.17, 15) is 19.8 Å². The smallest absolute Gasteiger partial charge is 0.260 e. The highest BCUT2D eigenvalue weighted by Gasteiger charge is 2.47. The number of para-hydroxylation sites is 1. The number of anilines is 2. The molecule has 0 saturated carbocycles. The Morgan fingerprint density at radius 3 is 2.84 bits per heavy atom. The molecule has 5 aromatic rings. The Hall–Kier alpha value is -5.47.